The van der Waals surface area contributed by atoms with E-state index in [0.717, 1.165) is 12.0 Å². The maximum Gasteiger partial charge on any atom is 0 e. The zero-order chi connectivity index (χ0) is 8.10. The summed E-state index contributed by atoms with van der Waals surface area (Å²) in [5.74, 6) is 0. The van der Waals surface area contributed by atoms with E-state index in [9.17, 15) is 0 Å². The van der Waals surface area contributed by atoms with Crippen LogP contribution in [0.25, 0.3) is 5.57 Å². The third-order valence-electron chi connectivity index (χ3n) is 1.60. The van der Waals surface area contributed by atoms with Crippen molar-refractivity contribution in [1.29, 1.82) is 0 Å². The third kappa shape index (κ3) is 8.31. The topological polar surface area (TPSA) is 0 Å². The number of hydrogen-bond acceptors (Lipinski definition) is 0. The van der Waals surface area contributed by atoms with Crippen molar-refractivity contribution in [3.63, 3.8) is 0 Å². The van der Waals surface area contributed by atoms with Crippen molar-refractivity contribution in [2.45, 2.75) is 13.3 Å². The summed E-state index contributed by atoms with van der Waals surface area (Å²) in [5, 5.41) is 0. The fourth-order valence-corrected chi connectivity index (χ4v) is 1.02. The summed E-state index contributed by atoms with van der Waals surface area (Å²) >= 11 is 0. The Bertz CT molecular complexity index is 232. The molecule has 0 saturated carbocycles. The molecule has 1 rings (SSSR count). The van der Waals surface area contributed by atoms with Gasteiger partial charge in [0, 0.05) is 98.1 Å². The Morgan fingerprint density at radius 3 is 2.07 bits per heavy atom. The maximum absolute atomic E-state index is 3.96. The predicted octanol–water partition coefficient (Wildman–Crippen LogP) is 3.31. The molecule has 0 fully saturated rings. The molecule has 0 nitrogen and oxygen atoms in total. The van der Waals surface area contributed by atoms with Crippen LogP contribution in [-0.4, -0.2) is 0 Å². The molecule has 1 aromatic rings. The maximum atomic E-state index is 3.96. The molecule has 0 saturated heterocycles. The Kier molecular flexibility index (Phi) is 20.2. The standard InChI is InChI=1S/C11H13.3Y/c1-3-7-10(2)11-8-5-4-6-9-11;;;/h4-9H,2-3H2,1H3;;;/q-1;;;. The van der Waals surface area contributed by atoms with Gasteiger partial charge in [0.2, 0.25) is 0 Å². The molecule has 3 heteroatoms. The van der Waals surface area contributed by atoms with Crippen LogP contribution in [-0.2, 0) is 98.1 Å². The van der Waals surface area contributed by atoms with Crippen LogP contribution < -0.4 is 0 Å². The van der Waals surface area contributed by atoms with E-state index in [2.05, 4.69) is 32.1 Å². The molecule has 0 amide bonds. The van der Waals surface area contributed by atoms with Crippen molar-refractivity contribution in [2.75, 3.05) is 0 Å². The van der Waals surface area contributed by atoms with E-state index < -0.39 is 0 Å². The zero-order valence-corrected chi connectivity index (χ0v) is 17.1. The van der Waals surface area contributed by atoms with Gasteiger partial charge in [0.25, 0.3) is 0 Å². The van der Waals surface area contributed by atoms with Gasteiger partial charge in [-0.1, -0.05) is 31.5 Å². The van der Waals surface area contributed by atoms with Crippen molar-refractivity contribution >= 4 is 5.57 Å². The third-order valence-corrected chi connectivity index (χ3v) is 1.60. The summed E-state index contributed by atoms with van der Waals surface area (Å²) in [6.07, 6.45) is 3.18. The molecule has 0 bridgehead atoms. The monoisotopic (exact) mass is 412 g/mol. The molecular formula is C11H13Y3-. The molecule has 0 aromatic heterocycles. The summed E-state index contributed by atoms with van der Waals surface area (Å²) in [6, 6.07) is 10.2. The van der Waals surface area contributed by atoms with Crippen LogP contribution >= 0.6 is 0 Å². The van der Waals surface area contributed by atoms with Gasteiger partial charge >= 0.3 is 0 Å². The second-order valence-corrected chi connectivity index (χ2v) is 2.50. The SMILES string of the molecule is C=C([CH-]CC)c1ccccc1.[Y].[Y].[Y]. The molecule has 14 heavy (non-hydrogen) atoms. The van der Waals surface area contributed by atoms with Gasteiger partial charge in [0.15, 0.2) is 0 Å². The molecule has 0 atom stereocenters. The first-order chi connectivity index (χ1) is 5.34. The minimum Gasteiger partial charge on any atom is -0.198 e. The quantitative estimate of drug-likeness (QED) is 0.669. The summed E-state index contributed by atoms with van der Waals surface area (Å²) in [5.41, 5.74) is 2.34. The van der Waals surface area contributed by atoms with E-state index in [1.54, 1.807) is 0 Å². The molecule has 67 valence electrons. The molecule has 0 N–H and O–H groups in total. The van der Waals surface area contributed by atoms with Crippen molar-refractivity contribution in [3.8, 4) is 0 Å². The molecule has 3 radical (unpaired) electrons. The van der Waals surface area contributed by atoms with Gasteiger partial charge in [-0.15, -0.1) is 17.7 Å². The Balaban J connectivity index is -0.000000403. The van der Waals surface area contributed by atoms with Gasteiger partial charge in [-0.05, 0) is 0 Å². The van der Waals surface area contributed by atoms with Crippen molar-refractivity contribution in [1.82, 2.24) is 0 Å². The summed E-state index contributed by atoms with van der Waals surface area (Å²) in [7, 11) is 0. The first-order valence-corrected chi connectivity index (χ1v) is 3.92. The first-order valence-electron chi connectivity index (χ1n) is 3.92. The average Bonchev–Trinajstić information content (AvgIpc) is 2.07. The molecule has 1 aromatic carbocycles. The molecule has 0 spiro atoms. The van der Waals surface area contributed by atoms with E-state index in [4.69, 9.17) is 0 Å². The van der Waals surface area contributed by atoms with Crippen LogP contribution in [0.15, 0.2) is 36.9 Å². The number of benzene rings is 1. The Labute approximate surface area is 163 Å². The van der Waals surface area contributed by atoms with E-state index in [0.29, 0.717) is 0 Å². The summed E-state index contributed by atoms with van der Waals surface area (Å²) < 4.78 is 0. The Morgan fingerprint density at radius 1 is 1.14 bits per heavy atom. The van der Waals surface area contributed by atoms with Gasteiger partial charge in [0.05, 0.1) is 0 Å². The van der Waals surface area contributed by atoms with Crippen molar-refractivity contribution in [2.24, 2.45) is 0 Å². The van der Waals surface area contributed by atoms with Crippen LogP contribution in [0.3, 0.4) is 0 Å². The van der Waals surface area contributed by atoms with Crippen LogP contribution in [0.4, 0.5) is 0 Å². The van der Waals surface area contributed by atoms with Gasteiger partial charge in [-0.2, -0.15) is 18.6 Å². The first kappa shape index (κ1) is 21.4. The van der Waals surface area contributed by atoms with E-state index in [1.165, 1.54) is 5.56 Å². The van der Waals surface area contributed by atoms with E-state index in [1.807, 2.05) is 18.2 Å². The average molecular weight is 412 g/mol. The zero-order valence-electron chi connectivity index (χ0n) is 8.61. The second-order valence-electron chi connectivity index (χ2n) is 2.50. The van der Waals surface area contributed by atoms with Gasteiger partial charge in [0.1, 0.15) is 0 Å². The smallest absolute Gasteiger partial charge is 0 e. The van der Waals surface area contributed by atoms with Crippen LogP contribution in [0.2, 0.25) is 0 Å². The van der Waals surface area contributed by atoms with Crippen LogP contribution in [0, 0.1) is 6.42 Å². The minimum atomic E-state index is 0. The Hall–Kier alpha value is 2.14. The Morgan fingerprint density at radius 2 is 1.64 bits per heavy atom. The number of rotatable bonds is 3. The van der Waals surface area contributed by atoms with Crippen molar-refractivity contribution in [3.05, 3.63) is 48.9 Å². The van der Waals surface area contributed by atoms with Crippen LogP contribution in [0.1, 0.15) is 18.9 Å². The fourth-order valence-electron chi connectivity index (χ4n) is 1.02. The molecular weight excluding hydrogens is 399 g/mol. The minimum absolute atomic E-state index is 0. The summed E-state index contributed by atoms with van der Waals surface area (Å²) in [4.78, 5) is 0. The van der Waals surface area contributed by atoms with E-state index >= 15 is 0 Å². The van der Waals surface area contributed by atoms with Crippen molar-refractivity contribution < 1.29 is 98.1 Å². The second kappa shape index (κ2) is 13.2. The van der Waals surface area contributed by atoms with Gasteiger partial charge in [-0.25, -0.2) is 0 Å². The van der Waals surface area contributed by atoms with E-state index in [-0.39, 0.29) is 98.1 Å². The molecule has 0 aliphatic carbocycles. The summed E-state index contributed by atoms with van der Waals surface area (Å²) in [6.45, 7) is 6.08. The number of allylic oxidation sites excluding steroid dienone is 1. The molecule has 0 heterocycles. The normalized spacial score (nSPS) is 7.21. The fraction of sp³-hybridized carbons (Fsp3) is 0.182. The predicted molar refractivity (Wildman–Crippen MR) is 50.1 cm³/mol. The van der Waals surface area contributed by atoms with Gasteiger partial charge in [-0.3, -0.25) is 0 Å². The van der Waals surface area contributed by atoms with Gasteiger partial charge < -0.3 is 0 Å². The molecule has 0 aliphatic heterocycles. The largest absolute Gasteiger partial charge is 0.198 e. The number of hydrogen-bond donors (Lipinski definition) is 0. The van der Waals surface area contributed by atoms with Crippen LogP contribution in [0.5, 0.6) is 0 Å². The molecule has 0 unspecified atom stereocenters. The molecule has 0 aliphatic rings.